The Kier molecular flexibility index (Phi) is 7.79. The number of rotatable bonds is 3. The molecule has 0 radical (unpaired) electrons. The maximum absolute atomic E-state index is 4.58. The van der Waals surface area contributed by atoms with Crippen LogP contribution in [0.2, 0.25) is 0 Å². The quantitative estimate of drug-likeness (QED) is 0.475. The van der Waals surface area contributed by atoms with Gasteiger partial charge in [-0.3, -0.25) is 4.99 Å². The third-order valence-electron chi connectivity index (χ3n) is 3.50. The fourth-order valence-electron chi connectivity index (χ4n) is 2.48. The molecule has 0 aromatic carbocycles. The molecule has 4 nitrogen and oxygen atoms in total. The number of hydrogen-bond donors (Lipinski definition) is 1. The number of guanidine groups is 1. The van der Waals surface area contributed by atoms with Gasteiger partial charge in [-0.2, -0.15) is 0 Å². The molecule has 20 heavy (non-hydrogen) atoms. The molecule has 1 aromatic heterocycles. The topological polar surface area (TPSA) is 40.5 Å². The number of nitrogens with zero attached hydrogens (tertiary/aromatic N) is 3. The highest BCUT2D eigenvalue weighted by Gasteiger charge is 2.19. The number of nitrogens with one attached hydrogen (secondary N) is 1. The monoisotopic (exact) mass is 408 g/mol. The lowest BCUT2D eigenvalue weighted by atomic mass is 10.0. The van der Waals surface area contributed by atoms with Crippen LogP contribution < -0.4 is 5.32 Å². The summed E-state index contributed by atoms with van der Waals surface area (Å²) in [6, 6.07) is 0. The van der Waals surface area contributed by atoms with Gasteiger partial charge in [-0.05, 0) is 25.2 Å². The first kappa shape index (κ1) is 17.7. The summed E-state index contributed by atoms with van der Waals surface area (Å²) >= 11 is 1.74. The number of aromatic nitrogens is 1. The van der Waals surface area contributed by atoms with Gasteiger partial charge in [-0.15, -0.1) is 35.3 Å². The van der Waals surface area contributed by atoms with Gasteiger partial charge in [-0.25, -0.2) is 4.98 Å². The van der Waals surface area contributed by atoms with Crippen LogP contribution in [0.3, 0.4) is 0 Å². The number of piperidine rings is 1. The average molecular weight is 408 g/mol. The van der Waals surface area contributed by atoms with Crippen LogP contribution in [-0.4, -0.2) is 36.0 Å². The number of aryl methyl sites for hydroxylation is 1. The summed E-state index contributed by atoms with van der Waals surface area (Å²) in [5, 5.41) is 6.78. The average Bonchev–Trinajstić information content (AvgIpc) is 2.87. The molecule has 1 fully saturated rings. The lowest BCUT2D eigenvalue weighted by Crippen LogP contribution is -2.45. The minimum Gasteiger partial charge on any atom is -0.351 e. The van der Waals surface area contributed by atoms with Crippen LogP contribution >= 0.6 is 35.3 Å². The van der Waals surface area contributed by atoms with Crippen molar-refractivity contribution in [2.45, 2.75) is 39.7 Å². The van der Waals surface area contributed by atoms with E-state index in [1.807, 2.05) is 7.05 Å². The van der Waals surface area contributed by atoms with Crippen molar-refractivity contribution in [1.82, 2.24) is 15.2 Å². The molecule has 1 N–H and O–H groups in total. The molecule has 0 bridgehead atoms. The van der Waals surface area contributed by atoms with Crippen molar-refractivity contribution in [3.05, 3.63) is 16.1 Å². The van der Waals surface area contributed by atoms with Crippen molar-refractivity contribution in [3.63, 3.8) is 0 Å². The Bertz CT molecular complexity index is 433. The van der Waals surface area contributed by atoms with E-state index in [2.05, 4.69) is 39.4 Å². The predicted molar refractivity (Wildman–Crippen MR) is 97.1 cm³/mol. The summed E-state index contributed by atoms with van der Waals surface area (Å²) < 4.78 is 0. The molecule has 0 amide bonds. The molecular weight excluding hydrogens is 383 g/mol. The Balaban J connectivity index is 0.00000200. The number of aliphatic imine (C=N–C) groups is 1. The fraction of sp³-hybridized carbons (Fsp3) is 0.714. The Morgan fingerprint density at radius 3 is 3.00 bits per heavy atom. The summed E-state index contributed by atoms with van der Waals surface area (Å²) in [6.45, 7) is 7.45. The molecule has 6 heteroatoms. The summed E-state index contributed by atoms with van der Waals surface area (Å²) in [5.41, 5.74) is 1.12. The second-order valence-corrected chi connectivity index (χ2v) is 6.12. The molecule has 2 rings (SSSR count). The maximum Gasteiger partial charge on any atom is 0.193 e. The standard InChI is InChI=1S/C14H24N4S.HI/c1-4-13-17-12(10-19-13)8-16-14(15-3)18-7-5-6-11(2)9-18;/h10-11H,4-9H2,1-3H3,(H,15,16);1H. The van der Waals surface area contributed by atoms with Crippen molar-refractivity contribution >= 4 is 41.3 Å². The Morgan fingerprint density at radius 2 is 2.40 bits per heavy atom. The first-order chi connectivity index (χ1) is 9.22. The number of halogens is 1. The van der Waals surface area contributed by atoms with Crippen LogP contribution in [0.1, 0.15) is 37.4 Å². The van der Waals surface area contributed by atoms with E-state index < -0.39 is 0 Å². The molecule has 2 heterocycles. The third-order valence-corrected chi connectivity index (χ3v) is 4.54. The summed E-state index contributed by atoms with van der Waals surface area (Å²) in [6.07, 6.45) is 3.61. The molecule has 114 valence electrons. The molecule has 1 unspecified atom stereocenters. The van der Waals surface area contributed by atoms with E-state index in [1.54, 1.807) is 11.3 Å². The molecule has 1 aromatic rings. The zero-order chi connectivity index (χ0) is 13.7. The van der Waals surface area contributed by atoms with Crippen LogP contribution in [0.5, 0.6) is 0 Å². The van der Waals surface area contributed by atoms with Crippen LogP contribution in [0.15, 0.2) is 10.4 Å². The summed E-state index contributed by atoms with van der Waals surface area (Å²) in [5.74, 6) is 1.77. The molecule has 1 aliphatic heterocycles. The molecule has 1 aliphatic rings. The fourth-order valence-corrected chi connectivity index (χ4v) is 3.22. The molecule has 1 atom stereocenters. The highest BCUT2D eigenvalue weighted by molar-refractivity contribution is 14.0. The summed E-state index contributed by atoms with van der Waals surface area (Å²) in [4.78, 5) is 11.3. The Hall–Kier alpha value is -0.370. The van der Waals surface area contributed by atoms with Gasteiger partial charge in [-0.1, -0.05) is 13.8 Å². The first-order valence-corrected chi connectivity index (χ1v) is 7.99. The predicted octanol–water partition coefficient (Wildman–Crippen LogP) is 3.13. The van der Waals surface area contributed by atoms with Crippen LogP contribution in [-0.2, 0) is 13.0 Å². The van der Waals surface area contributed by atoms with Crippen molar-refractivity contribution in [2.24, 2.45) is 10.9 Å². The molecular formula is C14H25IN4S. The zero-order valence-corrected chi connectivity index (χ0v) is 15.7. The van der Waals surface area contributed by atoms with E-state index in [-0.39, 0.29) is 24.0 Å². The third kappa shape index (κ3) is 4.87. The Morgan fingerprint density at radius 1 is 1.60 bits per heavy atom. The van der Waals surface area contributed by atoms with E-state index in [0.717, 1.165) is 43.6 Å². The largest absolute Gasteiger partial charge is 0.351 e. The summed E-state index contributed by atoms with van der Waals surface area (Å²) in [7, 11) is 1.86. The highest BCUT2D eigenvalue weighted by atomic mass is 127. The lowest BCUT2D eigenvalue weighted by Gasteiger charge is -2.33. The Labute approximate surface area is 143 Å². The molecule has 0 aliphatic carbocycles. The number of thiazole rings is 1. The van der Waals surface area contributed by atoms with Gasteiger partial charge in [0.1, 0.15) is 0 Å². The zero-order valence-electron chi connectivity index (χ0n) is 12.6. The minimum atomic E-state index is 0. The lowest BCUT2D eigenvalue weighted by molar-refractivity contribution is 0.266. The van der Waals surface area contributed by atoms with Crippen LogP contribution in [0.25, 0.3) is 0 Å². The minimum absolute atomic E-state index is 0. The smallest absolute Gasteiger partial charge is 0.193 e. The second-order valence-electron chi connectivity index (χ2n) is 5.18. The number of likely N-dealkylation sites (tertiary alicyclic amines) is 1. The van der Waals surface area contributed by atoms with Gasteiger partial charge < -0.3 is 10.2 Å². The van der Waals surface area contributed by atoms with E-state index in [1.165, 1.54) is 17.8 Å². The van der Waals surface area contributed by atoms with Gasteiger partial charge >= 0.3 is 0 Å². The van der Waals surface area contributed by atoms with Gasteiger partial charge in [0.05, 0.1) is 17.2 Å². The van der Waals surface area contributed by atoms with E-state index in [4.69, 9.17) is 0 Å². The van der Waals surface area contributed by atoms with Gasteiger partial charge in [0, 0.05) is 25.5 Å². The molecule has 0 saturated carbocycles. The maximum atomic E-state index is 4.58. The van der Waals surface area contributed by atoms with Gasteiger partial charge in [0.25, 0.3) is 0 Å². The number of hydrogen-bond acceptors (Lipinski definition) is 3. The van der Waals surface area contributed by atoms with Crippen molar-refractivity contribution in [1.29, 1.82) is 0 Å². The molecule has 0 spiro atoms. The second kappa shape index (κ2) is 8.81. The SMILES string of the molecule is CCc1nc(CNC(=NC)N2CCCC(C)C2)cs1.I. The van der Waals surface area contributed by atoms with E-state index in [0.29, 0.717) is 0 Å². The molecule has 1 saturated heterocycles. The van der Waals surface area contributed by atoms with Crippen LogP contribution in [0.4, 0.5) is 0 Å². The van der Waals surface area contributed by atoms with Crippen molar-refractivity contribution in [2.75, 3.05) is 20.1 Å². The van der Waals surface area contributed by atoms with Crippen LogP contribution in [0, 0.1) is 5.92 Å². The van der Waals surface area contributed by atoms with E-state index in [9.17, 15) is 0 Å². The normalized spacial score (nSPS) is 19.6. The van der Waals surface area contributed by atoms with Crippen molar-refractivity contribution < 1.29 is 0 Å². The first-order valence-electron chi connectivity index (χ1n) is 7.11. The van der Waals surface area contributed by atoms with Crippen molar-refractivity contribution in [3.8, 4) is 0 Å². The van der Waals surface area contributed by atoms with E-state index >= 15 is 0 Å². The van der Waals surface area contributed by atoms with Gasteiger partial charge in [0.2, 0.25) is 0 Å². The van der Waals surface area contributed by atoms with Gasteiger partial charge in [0.15, 0.2) is 5.96 Å². The highest BCUT2D eigenvalue weighted by Crippen LogP contribution is 2.15.